The third-order valence-electron chi connectivity index (χ3n) is 4.70. The predicted molar refractivity (Wildman–Crippen MR) is 68.1 cm³/mol. The molecular weight excluding hydrogens is 230 g/mol. The molecule has 0 aromatic rings. The van der Waals surface area contributed by atoms with E-state index in [0.29, 0.717) is 19.4 Å². The number of amides is 1. The average Bonchev–Trinajstić information content (AvgIpc) is 2.96. The lowest BCUT2D eigenvalue weighted by Gasteiger charge is -2.33. The van der Waals surface area contributed by atoms with Crippen molar-refractivity contribution in [1.82, 2.24) is 5.32 Å². The van der Waals surface area contributed by atoms with Gasteiger partial charge in [0.15, 0.2) is 0 Å². The fourth-order valence-electron chi connectivity index (χ4n) is 2.99. The summed E-state index contributed by atoms with van der Waals surface area (Å²) in [7, 11) is 0. The van der Waals surface area contributed by atoms with Gasteiger partial charge in [-0.1, -0.05) is 33.1 Å². The van der Waals surface area contributed by atoms with E-state index in [1.807, 2.05) is 0 Å². The minimum absolute atomic E-state index is 0.0335. The van der Waals surface area contributed by atoms with E-state index in [1.54, 1.807) is 0 Å². The van der Waals surface area contributed by atoms with Crippen LogP contribution in [0.4, 0.5) is 0 Å². The Bertz CT molecular complexity index is 356. The van der Waals surface area contributed by atoms with Crippen LogP contribution in [0, 0.1) is 16.7 Å². The van der Waals surface area contributed by atoms with Gasteiger partial charge in [0.25, 0.3) is 0 Å². The second-order valence-corrected chi connectivity index (χ2v) is 6.61. The van der Waals surface area contributed by atoms with Crippen molar-refractivity contribution in [2.75, 3.05) is 6.54 Å². The molecule has 0 spiro atoms. The zero-order valence-electron chi connectivity index (χ0n) is 11.3. The summed E-state index contributed by atoms with van der Waals surface area (Å²) in [5.74, 6) is -0.643. The smallest absolute Gasteiger partial charge is 0.311 e. The molecule has 2 saturated carbocycles. The van der Waals surface area contributed by atoms with Crippen LogP contribution < -0.4 is 5.32 Å². The Balaban J connectivity index is 1.90. The lowest BCUT2D eigenvalue weighted by molar-refractivity contribution is -0.151. The van der Waals surface area contributed by atoms with Crippen molar-refractivity contribution in [2.24, 2.45) is 16.7 Å². The first-order valence-corrected chi connectivity index (χ1v) is 6.89. The van der Waals surface area contributed by atoms with Crippen LogP contribution >= 0.6 is 0 Å². The second-order valence-electron chi connectivity index (χ2n) is 6.61. The molecular formula is C14H23NO3. The molecule has 2 fully saturated rings. The maximum absolute atomic E-state index is 11.9. The van der Waals surface area contributed by atoms with Crippen LogP contribution in [-0.2, 0) is 9.59 Å². The zero-order valence-corrected chi connectivity index (χ0v) is 11.3. The van der Waals surface area contributed by atoms with E-state index in [0.717, 1.165) is 25.7 Å². The Kier molecular flexibility index (Phi) is 3.39. The maximum atomic E-state index is 11.9. The van der Waals surface area contributed by atoms with E-state index in [9.17, 15) is 14.7 Å². The molecule has 4 heteroatoms. The van der Waals surface area contributed by atoms with Crippen molar-refractivity contribution in [3.63, 3.8) is 0 Å². The molecule has 2 aliphatic carbocycles. The summed E-state index contributed by atoms with van der Waals surface area (Å²) in [4.78, 5) is 23.4. The fourth-order valence-corrected chi connectivity index (χ4v) is 2.99. The fraction of sp³-hybridized carbons (Fsp3) is 0.857. The van der Waals surface area contributed by atoms with Crippen molar-refractivity contribution in [3.8, 4) is 0 Å². The van der Waals surface area contributed by atoms with Crippen LogP contribution in [0.25, 0.3) is 0 Å². The topological polar surface area (TPSA) is 66.4 Å². The number of carbonyl (C=O) groups is 2. The molecule has 2 aliphatic rings. The largest absolute Gasteiger partial charge is 0.481 e. The van der Waals surface area contributed by atoms with Gasteiger partial charge in [0.1, 0.15) is 0 Å². The molecule has 0 bridgehead atoms. The molecule has 102 valence electrons. The van der Waals surface area contributed by atoms with Gasteiger partial charge in [0.05, 0.1) is 5.41 Å². The van der Waals surface area contributed by atoms with Gasteiger partial charge in [0.2, 0.25) is 5.91 Å². The second kappa shape index (κ2) is 4.56. The maximum Gasteiger partial charge on any atom is 0.311 e. The molecule has 0 saturated heterocycles. The van der Waals surface area contributed by atoms with Gasteiger partial charge < -0.3 is 10.4 Å². The van der Waals surface area contributed by atoms with Crippen molar-refractivity contribution in [1.29, 1.82) is 0 Å². The highest BCUT2D eigenvalue weighted by Gasteiger charge is 2.51. The SMILES string of the molecule is CC1(C)C[C@@H]1C(=O)NCC1(C(=O)O)CCCCC1. The summed E-state index contributed by atoms with van der Waals surface area (Å²) < 4.78 is 0. The van der Waals surface area contributed by atoms with Crippen molar-refractivity contribution in [2.45, 2.75) is 52.4 Å². The summed E-state index contributed by atoms with van der Waals surface area (Å²) in [6, 6.07) is 0. The highest BCUT2D eigenvalue weighted by atomic mass is 16.4. The molecule has 0 aliphatic heterocycles. The molecule has 18 heavy (non-hydrogen) atoms. The van der Waals surface area contributed by atoms with Crippen LogP contribution in [0.5, 0.6) is 0 Å². The van der Waals surface area contributed by atoms with Gasteiger partial charge in [-0.25, -0.2) is 0 Å². The predicted octanol–water partition coefficient (Wildman–Crippen LogP) is 2.18. The lowest BCUT2D eigenvalue weighted by atomic mass is 9.74. The Morgan fingerprint density at radius 1 is 1.22 bits per heavy atom. The molecule has 4 nitrogen and oxygen atoms in total. The van der Waals surface area contributed by atoms with Crippen molar-refractivity contribution in [3.05, 3.63) is 0 Å². The third-order valence-corrected chi connectivity index (χ3v) is 4.70. The highest BCUT2D eigenvalue weighted by molar-refractivity contribution is 5.83. The van der Waals surface area contributed by atoms with E-state index < -0.39 is 11.4 Å². The first-order chi connectivity index (χ1) is 8.37. The van der Waals surface area contributed by atoms with Crippen LogP contribution in [-0.4, -0.2) is 23.5 Å². The number of aliphatic carboxylic acids is 1. The number of carbonyl (C=O) groups excluding carboxylic acids is 1. The number of carboxylic acid groups (broad SMARTS) is 1. The summed E-state index contributed by atoms with van der Waals surface area (Å²) >= 11 is 0. The molecule has 0 aromatic heterocycles. The van der Waals surface area contributed by atoms with Gasteiger partial charge in [-0.15, -0.1) is 0 Å². The van der Waals surface area contributed by atoms with Crippen molar-refractivity contribution < 1.29 is 14.7 Å². The van der Waals surface area contributed by atoms with Gasteiger partial charge in [-0.2, -0.15) is 0 Å². The number of rotatable bonds is 4. The average molecular weight is 253 g/mol. The van der Waals surface area contributed by atoms with Crippen LogP contribution in [0.15, 0.2) is 0 Å². The Morgan fingerprint density at radius 2 is 1.78 bits per heavy atom. The van der Waals surface area contributed by atoms with Gasteiger partial charge >= 0.3 is 5.97 Å². The molecule has 2 N–H and O–H groups in total. The van der Waals surface area contributed by atoms with Crippen LogP contribution in [0.2, 0.25) is 0 Å². The minimum atomic E-state index is -0.752. The Hall–Kier alpha value is -1.06. The Labute approximate surface area is 108 Å². The summed E-state index contributed by atoms with van der Waals surface area (Å²) in [5, 5.41) is 12.3. The first kappa shape index (κ1) is 13.4. The minimum Gasteiger partial charge on any atom is -0.481 e. The highest BCUT2D eigenvalue weighted by Crippen LogP contribution is 2.51. The van der Waals surface area contributed by atoms with E-state index >= 15 is 0 Å². The van der Waals surface area contributed by atoms with Gasteiger partial charge in [-0.3, -0.25) is 9.59 Å². The summed E-state index contributed by atoms with van der Waals surface area (Å²) in [5.41, 5.74) is -0.611. The number of carboxylic acids is 1. The van der Waals surface area contributed by atoms with Gasteiger partial charge in [0, 0.05) is 12.5 Å². The molecule has 0 aromatic carbocycles. The summed E-state index contributed by atoms with van der Waals surface area (Å²) in [6.07, 6.45) is 5.32. The van der Waals surface area contributed by atoms with Crippen LogP contribution in [0.3, 0.4) is 0 Å². The van der Waals surface area contributed by atoms with Crippen molar-refractivity contribution >= 4 is 11.9 Å². The van der Waals surface area contributed by atoms with E-state index in [2.05, 4.69) is 19.2 Å². The summed E-state index contributed by atoms with van der Waals surface area (Å²) in [6.45, 7) is 4.45. The third kappa shape index (κ3) is 2.52. The van der Waals surface area contributed by atoms with E-state index in [-0.39, 0.29) is 17.2 Å². The monoisotopic (exact) mass is 253 g/mol. The number of hydrogen-bond acceptors (Lipinski definition) is 2. The standard InChI is InChI=1S/C14H23NO3/c1-13(2)8-10(13)11(16)15-9-14(12(17)18)6-4-3-5-7-14/h10H,3-9H2,1-2H3,(H,15,16)(H,17,18)/t10-/m1/s1. The molecule has 2 rings (SSSR count). The van der Waals surface area contributed by atoms with Gasteiger partial charge in [-0.05, 0) is 24.7 Å². The van der Waals surface area contributed by atoms with Crippen LogP contribution in [0.1, 0.15) is 52.4 Å². The van der Waals surface area contributed by atoms with E-state index in [1.165, 1.54) is 0 Å². The van der Waals surface area contributed by atoms with E-state index in [4.69, 9.17) is 0 Å². The molecule has 1 atom stereocenters. The molecule has 0 radical (unpaired) electrons. The Morgan fingerprint density at radius 3 is 2.22 bits per heavy atom. The molecule has 0 heterocycles. The number of nitrogens with one attached hydrogen (secondary N) is 1. The molecule has 0 unspecified atom stereocenters. The quantitative estimate of drug-likeness (QED) is 0.807. The zero-order chi connectivity index (χ0) is 13.4. The first-order valence-electron chi connectivity index (χ1n) is 6.89. The molecule has 1 amide bonds. The number of hydrogen-bond donors (Lipinski definition) is 2. The lowest BCUT2D eigenvalue weighted by Crippen LogP contribution is -2.45. The normalized spacial score (nSPS) is 28.4.